The summed E-state index contributed by atoms with van der Waals surface area (Å²) < 4.78 is 34.1. The van der Waals surface area contributed by atoms with E-state index in [1.807, 2.05) is 6.92 Å². The Labute approximate surface area is 124 Å². The predicted molar refractivity (Wildman–Crippen MR) is 75.6 cm³/mol. The summed E-state index contributed by atoms with van der Waals surface area (Å²) in [4.78, 5) is 8.50. The van der Waals surface area contributed by atoms with Gasteiger partial charge in [0.2, 0.25) is 12.4 Å². The Morgan fingerprint density at radius 1 is 1.10 bits per heavy atom. The van der Waals surface area contributed by atoms with Crippen molar-refractivity contribution in [1.29, 1.82) is 0 Å². The molecule has 2 rings (SSSR count). The summed E-state index contributed by atoms with van der Waals surface area (Å²) in [6.07, 6.45) is 6.76. The van der Waals surface area contributed by atoms with Gasteiger partial charge < -0.3 is 4.55 Å². The van der Waals surface area contributed by atoms with Crippen LogP contribution in [0.2, 0.25) is 0 Å². The predicted octanol–water partition coefficient (Wildman–Crippen LogP) is 0.943. The molecule has 1 aromatic carbocycles. The zero-order valence-electron chi connectivity index (χ0n) is 12.4. The SMILES string of the molecule is CO[n+]1ccncc1.Cc1cc(C)c(S(=O)(=O)[O-])c(C)c1. The molecular weight excluding hydrogens is 292 g/mol. The number of nitrogens with zero attached hydrogens (tertiary/aromatic N) is 2. The summed E-state index contributed by atoms with van der Waals surface area (Å²) >= 11 is 0. The molecule has 0 aliphatic carbocycles. The van der Waals surface area contributed by atoms with E-state index in [2.05, 4.69) is 4.98 Å². The summed E-state index contributed by atoms with van der Waals surface area (Å²) in [7, 11) is -2.73. The average Bonchev–Trinajstić information content (AvgIpc) is 2.37. The van der Waals surface area contributed by atoms with E-state index in [9.17, 15) is 13.0 Å². The molecule has 0 aliphatic heterocycles. The third-order valence-corrected chi connectivity index (χ3v) is 3.81. The second-order valence-corrected chi connectivity index (χ2v) is 5.79. The molecule has 0 saturated carbocycles. The molecule has 0 saturated heterocycles. The number of hydrogen-bond acceptors (Lipinski definition) is 5. The Hall–Kier alpha value is -1.99. The highest BCUT2D eigenvalue weighted by Crippen LogP contribution is 2.20. The Morgan fingerprint density at radius 2 is 1.57 bits per heavy atom. The van der Waals surface area contributed by atoms with Gasteiger partial charge in [0.1, 0.15) is 17.2 Å². The summed E-state index contributed by atoms with van der Waals surface area (Å²) in [6.45, 7) is 5.12. The van der Waals surface area contributed by atoms with Crippen LogP contribution < -0.4 is 9.57 Å². The first-order valence-electron chi connectivity index (χ1n) is 6.15. The van der Waals surface area contributed by atoms with Crippen molar-refractivity contribution in [3.63, 3.8) is 0 Å². The largest absolute Gasteiger partial charge is 0.744 e. The first-order valence-corrected chi connectivity index (χ1v) is 7.56. The van der Waals surface area contributed by atoms with E-state index < -0.39 is 10.1 Å². The van der Waals surface area contributed by atoms with Crippen LogP contribution in [0.1, 0.15) is 16.7 Å². The topological polar surface area (TPSA) is 83.2 Å². The van der Waals surface area contributed by atoms with Gasteiger partial charge in [0.15, 0.2) is 0 Å². The number of benzene rings is 1. The van der Waals surface area contributed by atoms with Gasteiger partial charge in [-0.2, -0.15) is 0 Å². The van der Waals surface area contributed by atoms with Gasteiger partial charge in [0.05, 0.1) is 17.3 Å². The second-order valence-electron chi connectivity index (χ2n) is 4.47. The second kappa shape index (κ2) is 7.14. The van der Waals surface area contributed by atoms with E-state index in [0.29, 0.717) is 11.1 Å². The maximum absolute atomic E-state index is 10.8. The Balaban J connectivity index is 0.000000235. The Kier molecular flexibility index (Phi) is 5.80. The Morgan fingerprint density at radius 3 is 1.90 bits per heavy atom. The van der Waals surface area contributed by atoms with Crippen molar-refractivity contribution in [3.05, 3.63) is 53.6 Å². The summed E-state index contributed by atoms with van der Waals surface area (Å²) in [5.74, 6) is 0. The third kappa shape index (κ3) is 5.13. The third-order valence-electron chi connectivity index (χ3n) is 2.66. The van der Waals surface area contributed by atoms with Crippen LogP contribution >= 0.6 is 0 Å². The molecule has 6 nitrogen and oxygen atoms in total. The van der Waals surface area contributed by atoms with Gasteiger partial charge in [-0.05, 0) is 31.9 Å². The maximum Gasteiger partial charge on any atom is 0.240 e. The van der Waals surface area contributed by atoms with Gasteiger partial charge in [-0.15, -0.1) is 0 Å². The highest BCUT2D eigenvalue weighted by Gasteiger charge is 2.09. The first-order chi connectivity index (χ1) is 9.75. The molecule has 0 spiro atoms. The quantitative estimate of drug-likeness (QED) is 0.609. The molecule has 1 aromatic heterocycles. The fourth-order valence-corrected chi connectivity index (χ4v) is 2.90. The van der Waals surface area contributed by atoms with Crippen LogP contribution in [0.15, 0.2) is 41.8 Å². The molecule has 0 fully saturated rings. The molecule has 0 amide bonds. The van der Waals surface area contributed by atoms with Crippen molar-refractivity contribution in [2.75, 3.05) is 7.11 Å². The van der Waals surface area contributed by atoms with Crippen molar-refractivity contribution in [2.24, 2.45) is 0 Å². The molecule has 0 radical (unpaired) electrons. The van der Waals surface area contributed by atoms with Crippen molar-refractivity contribution >= 4 is 10.1 Å². The van der Waals surface area contributed by atoms with Crippen LogP contribution in [0.4, 0.5) is 0 Å². The van der Waals surface area contributed by atoms with Gasteiger partial charge in [-0.1, -0.05) is 17.7 Å². The number of aryl methyl sites for hydroxylation is 3. The lowest BCUT2D eigenvalue weighted by atomic mass is 10.1. The summed E-state index contributed by atoms with van der Waals surface area (Å²) in [6, 6.07) is 3.38. The maximum atomic E-state index is 10.8. The molecule has 0 unspecified atom stereocenters. The molecule has 114 valence electrons. The number of aromatic nitrogens is 2. The van der Waals surface area contributed by atoms with E-state index in [4.69, 9.17) is 4.84 Å². The van der Waals surface area contributed by atoms with Gasteiger partial charge in [-0.3, -0.25) is 9.82 Å². The fourth-order valence-electron chi connectivity index (χ4n) is 1.99. The summed E-state index contributed by atoms with van der Waals surface area (Å²) in [5, 5.41) is 0. The van der Waals surface area contributed by atoms with Crippen molar-refractivity contribution in [1.82, 2.24) is 4.98 Å². The highest BCUT2D eigenvalue weighted by atomic mass is 32.2. The number of hydrogen-bond donors (Lipinski definition) is 0. The smallest absolute Gasteiger partial charge is 0.240 e. The molecule has 0 N–H and O–H groups in total. The first kappa shape index (κ1) is 17.1. The van der Waals surface area contributed by atoms with Crippen LogP contribution in [0, 0.1) is 20.8 Å². The van der Waals surface area contributed by atoms with E-state index >= 15 is 0 Å². The minimum Gasteiger partial charge on any atom is -0.744 e. The lowest BCUT2D eigenvalue weighted by molar-refractivity contribution is -0.885. The van der Waals surface area contributed by atoms with Crippen LogP contribution in [0.3, 0.4) is 0 Å². The lowest BCUT2D eigenvalue weighted by Crippen LogP contribution is -2.39. The minimum atomic E-state index is -4.33. The van der Waals surface area contributed by atoms with E-state index in [0.717, 1.165) is 5.56 Å². The highest BCUT2D eigenvalue weighted by molar-refractivity contribution is 7.85. The van der Waals surface area contributed by atoms with Gasteiger partial charge in [0.25, 0.3) is 0 Å². The number of rotatable bonds is 2. The van der Waals surface area contributed by atoms with Gasteiger partial charge in [0, 0.05) is 4.73 Å². The molecule has 7 heteroatoms. The van der Waals surface area contributed by atoms with Crippen molar-refractivity contribution < 1.29 is 22.5 Å². The average molecular weight is 310 g/mol. The lowest BCUT2D eigenvalue weighted by Gasteiger charge is -2.14. The fraction of sp³-hybridized carbons (Fsp3) is 0.286. The van der Waals surface area contributed by atoms with Crippen LogP contribution in [-0.2, 0) is 10.1 Å². The molecule has 2 aromatic rings. The summed E-state index contributed by atoms with van der Waals surface area (Å²) in [5.41, 5.74) is 2.00. The van der Waals surface area contributed by atoms with Crippen LogP contribution in [-0.4, -0.2) is 25.1 Å². The van der Waals surface area contributed by atoms with E-state index in [1.54, 1.807) is 62.6 Å². The normalized spacial score (nSPS) is 10.5. The standard InChI is InChI=1S/C9H12O3S.C5H7N2O/c1-6-4-7(2)9(8(3)5-6)13(10,11)12;1-8-7-4-2-6-3-5-7/h4-5H,1-3H3,(H,10,11,12);2-5H,1H3/q;+1/p-1. The monoisotopic (exact) mass is 310 g/mol. The molecule has 0 bridgehead atoms. The zero-order valence-corrected chi connectivity index (χ0v) is 13.2. The molecule has 21 heavy (non-hydrogen) atoms. The molecule has 0 aliphatic rings. The zero-order chi connectivity index (χ0) is 16.0. The van der Waals surface area contributed by atoms with Crippen molar-refractivity contribution in [2.45, 2.75) is 25.7 Å². The Bertz CT molecular complexity index is 677. The van der Waals surface area contributed by atoms with E-state index in [1.165, 1.54) is 0 Å². The van der Waals surface area contributed by atoms with Crippen molar-refractivity contribution in [3.8, 4) is 0 Å². The van der Waals surface area contributed by atoms with Crippen LogP contribution in [0.5, 0.6) is 0 Å². The van der Waals surface area contributed by atoms with Gasteiger partial charge in [-0.25, -0.2) is 8.42 Å². The molecule has 1 heterocycles. The molecule has 0 atom stereocenters. The minimum absolute atomic E-state index is 0.0851. The van der Waals surface area contributed by atoms with Crippen LogP contribution in [0.25, 0.3) is 0 Å². The molecular formula is C14H18N2O4S. The van der Waals surface area contributed by atoms with E-state index in [-0.39, 0.29) is 4.90 Å². The van der Waals surface area contributed by atoms with Gasteiger partial charge >= 0.3 is 0 Å².